The second-order valence-electron chi connectivity index (χ2n) is 4.21. The Balaban J connectivity index is 2.23. The highest BCUT2D eigenvalue weighted by atomic mass is 79.9. The lowest BCUT2D eigenvalue weighted by Crippen LogP contribution is -2.52. The quantitative estimate of drug-likeness (QED) is 0.863. The van der Waals surface area contributed by atoms with Crippen LogP contribution in [0.2, 0.25) is 5.02 Å². The number of nitrogens with zero attached hydrogens (tertiary/aromatic N) is 1. The summed E-state index contributed by atoms with van der Waals surface area (Å²) < 4.78 is 0.830. The van der Waals surface area contributed by atoms with E-state index in [9.17, 15) is 4.79 Å². The number of hydrogen-bond acceptors (Lipinski definition) is 2. The zero-order chi connectivity index (χ0) is 12.4. The van der Waals surface area contributed by atoms with Gasteiger partial charge in [-0.25, -0.2) is 0 Å². The van der Waals surface area contributed by atoms with Gasteiger partial charge in [-0.3, -0.25) is 4.79 Å². The third-order valence-electron chi connectivity index (χ3n) is 2.87. The van der Waals surface area contributed by atoms with Crippen LogP contribution in [0.1, 0.15) is 17.3 Å². The lowest BCUT2D eigenvalue weighted by molar-refractivity contribution is 0.0655. The first-order chi connectivity index (χ1) is 8.08. The van der Waals surface area contributed by atoms with E-state index in [0.717, 1.165) is 24.1 Å². The second kappa shape index (κ2) is 5.38. The summed E-state index contributed by atoms with van der Waals surface area (Å²) in [5.41, 5.74) is 0.637. The van der Waals surface area contributed by atoms with Gasteiger partial charge in [0.2, 0.25) is 0 Å². The van der Waals surface area contributed by atoms with Crippen LogP contribution in [0.3, 0.4) is 0 Å². The number of rotatable bonds is 1. The van der Waals surface area contributed by atoms with Crippen molar-refractivity contribution in [3.63, 3.8) is 0 Å². The third-order valence-corrected chi connectivity index (χ3v) is 3.55. The van der Waals surface area contributed by atoms with Gasteiger partial charge in [0.1, 0.15) is 0 Å². The van der Waals surface area contributed by atoms with Gasteiger partial charge in [-0.1, -0.05) is 27.5 Å². The summed E-state index contributed by atoms with van der Waals surface area (Å²) in [5.74, 6) is 0.0437. The van der Waals surface area contributed by atoms with Crippen molar-refractivity contribution < 1.29 is 4.79 Å². The number of carbonyl (C=O) groups is 1. The number of halogens is 2. The summed E-state index contributed by atoms with van der Waals surface area (Å²) in [7, 11) is 0. The largest absolute Gasteiger partial charge is 0.333 e. The Morgan fingerprint density at radius 3 is 2.94 bits per heavy atom. The van der Waals surface area contributed by atoms with E-state index < -0.39 is 0 Å². The summed E-state index contributed by atoms with van der Waals surface area (Å²) in [6.07, 6.45) is 0. The molecule has 0 aromatic heterocycles. The van der Waals surface area contributed by atoms with Crippen molar-refractivity contribution in [1.82, 2.24) is 10.2 Å². The van der Waals surface area contributed by atoms with E-state index in [-0.39, 0.29) is 11.9 Å². The van der Waals surface area contributed by atoms with Crippen LogP contribution >= 0.6 is 27.5 Å². The predicted octanol–water partition coefficient (Wildman–Crippen LogP) is 2.54. The van der Waals surface area contributed by atoms with Crippen molar-refractivity contribution in [2.24, 2.45) is 0 Å². The van der Waals surface area contributed by atoms with Crippen molar-refractivity contribution in [2.75, 3.05) is 19.6 Å². The molecule has 1 amide bonds. The van der Waals surface area contributed by atoms with Crippen LogP contribution in [-0.4, -0.2) is 36.5 Å². The molecule has 1 N–H and O–H groups in total. The molecule has 1 aromatic rings. The zero-order valence-electron chi connectivity index (χ0n) is 9.54. The zero-order valence-corrected chi connectivity index (χ0v) is 11.9. The molecule has 17 heavy (non-hydrogen) atoms. The fourth-order valence-corrected chi connectivity index (χ4v) is 2.85. The normalized spacial score (nSPS) is 20.4. The van der Waals surface area contributed by atoms with E-state index in [2.05, 4.69) is 21.2 Å². The SMILES string of the molecule is CC1CNCCN1C(=O)c1cc(Cl)cc(Br)c1. The van der Waals surface area contributed by atoms with Gasteiger partial charge in [0.25, 0.3) is 5.91 Å². The third kappa shape index (κ3) is 3.00. The van der Waals surface area contributed by atoms with Gasteiger partial charge in [-0.2, -0.15) is 0 Å². The Morgan fingerprint density at radius 2 is 2.29 bits per heavy atom. The van der Waals surface area contributed by atoms with Crippen molar-refractivity contribution in [3.8, 4) is 0 Å². The van der Waals surface area contributed by atoms with Crippen molar-refractivity contribution in [1.29, 1.82) is 0 Å². The molecule has 92 valence electrons. The van der Waals surface area contributed by atoms with Crippen LogP contribution < -0.4 is 5.32 Å². The first kappa shape index (κ1) is 12.9. The average Bonchev–Trinajstić information content (AvgIpc) is 2.27. The number of piperazine rings is 1. The Bertz CT molecular complexity index is 418. The summed E-state index contributed by atoms with van der Waals surface area (Å²) in [5, 5.41) is 3.84. The molecule has 3 nitrogen and oxygen atoms in total. The van der Waals surface area contributed by atoms with Crippen LogP contribution in [0.15, 0.2) is 22.7 Å². The summed E-state index contributed by atoms with van der Waals surface area (Å²) in [6, 6.07) is 5.51. The summed E-state index contributed by atoms with van der Waals surface area (Å²) in [6.45, 7) is 4.47. The maximum Gasteiger partial charge on any atom is 0.254 e. The Labute approximate surface area is 114 Å². The first-order valence-electron chi connectivity index (χ1n) is 5.55. The molecule has 1 fully saturated rings. The molecule has 1 aromatic carbocycles. The highest BCUT2D eigenvalue weighted by Gasteiger charge is 2.24. The Morgan fingerprint density at radius 1 is 1.53 bits per heavy atom. The van der Waals surface area contributed by atoms with Gasteiger partial charge in [0.05, 0.1) is 0 Å². The lowest BCUT2D eigenvalue weighted by Gasteiger charge is -2.34. The molecule has 0 spiro atoms. The molecule has 0 bridgehead atoms. The van der Waals surface area contributed by atoms with Gasteiger partial charge in [0.15, 0.2) is 0 Å². The standard InChI is InChI=1S/C12H14BrClN2O/c1-8-7-15-2-3-16(8)12(17)9-4-10(13)6-11(14)5-9/h4-6,8,15H,2-3,7H2,1H3. The maximum absolute atomic E-state index is 12.3. The van der Waals surface area contributed by atoms with Gasteiger partial charge in [-0.05, 0) is 25.1 Å². The van der Waals surface area contributed by atoms with Gasteiger partial charge in [0, 0.05) is 40.7 Å². The van der Waals surface area contributed by atoms with E-state index in [1.807, 2.05) is 17.9 Å². The number of carbonyl (C=O) groups excluding carboxylic acids is 1. The average molecular weight is 318 g/mol. The highest BCUT2D eigenvalue weighted by Crippen LogP contribution is 2.21. The topological polar surface area (TPSA) is 32.3 Å². The molecule has 0 saturated carbocycles. The molecule has 0 aliphatic carbocycles. The summed E-state index contributed by atoms with van der Waals surface area (Å²) >= 11 is 9.31. The fourth-order valence-electron chi connectivity index (χ4n) is 1.99. The van der Waals surface area contributed by atoms with E-state index in [1.54, 1.807) is 12.1 Å². The smallest absolute Gasteiger partial charge is 0.254 e. The van der Waals surface area contributed by atoms with Gasteiger partial charge < -0.3 is 10.2 Å². The van der Waals surface area contributed by atoms with E-state index >= 15 is 0 Å². The molecule has 1 atom stereocenters. The van der Waals surface area contributed by atoms with E-state index in [1.165, 1.54) is 0 Å². The summed E-state index contributed by atoms with van der Waals surface area (Å²) in [4.78, 5) is 14.2. The number of nitrogens with one attached hydrogen (secondary N) is 1. The van der Waals surface area contributed by atoms with Gasteiger partial charge in [-0.15, -0.1) is 0 Å². The number of amides is 1. The molecule has 5 heteroatoms. The van der Waals surface area contributed by atoms with E-state index in [0.29, 0.717) is 10.6 Å². The lowest BCUT2D eigenvalue weighted by atomic mass is 10.1. The molecule has 1 aliphatic heterocycles. The van der Waals surface area contributed by atoms with Crippen molar-refractivity contribution in [3.05, 3.63) is 33.3 Å². The molecular formula is C12H14BrClN2O. The first-order valence-corrected chi connectivity index (χ1v) is 6.73. The van der Waals surface area contributed by atoms with E-state index in [4.69, 9.17) is 11.6 Å². The highest BCUT2D eigenvalue weighted by molar-refractivity contribution is 9.10. The predicted molar refractivity (Wildman–Crippen MR) is 72.5 cm³/mol. The van der Waals surface area contributed by atoms with Gasteiger partial charge >= 0.3 is 0 Å². The minimum atomic E-state index is 0.0437. The fraction of sp³-hybridized carbons (Fsp3) is 0.417. The monoisotopic (exact) mass is 316 g/mol. The molecule has 1 unspecified atom stereocenters. The Hall–Kier alpha value is -0.580. The molecule has 2 rings (SSSR count). The maximum atomic E-state index is 12.3. The molecule has 1 saturated heterocycles. The molecule has 1 aliphatic rings. The van der Waals surface area contributed by atoms with Crippen molar-refractivity contribution >= 4 is 33.4 Å². The van der Waals surface area contributed by atoms with Crippen LogP contribution in [-0.2, 0) is 0 Å². The van der Waals surface area contributed by atoms with Crippen LogP contribution in [0, 0.1) is 0 Å². The molecule has 0 radical (unpaired) electrons. The minimum absolute atomic E-state index is 0.0437. The van der Waals surface area contributed by atoms with Crippen LogP contribution in [0.4, 0.5) is 0 Å². The van der Waals surface area contributed by atoms with Crippen LogP contribution in [0.25, 0.3) is 0 Å². The second-order valence-corrected chi connectivity index (χ2v) is 5.56. The molecule has 1 heterocycles. The van der Waals surface area contributed by atoms with Crippen molar-refractivity contribution in [2.45, 2.75) is 13.0 Å². The Kier molecular flexibility index (Phi) is 4.07. The van der Waals surface area contributed by atoms with Crippen LogP contribution in [0.5, 0.6) is 0 Å². The number of benzene rings is 1. The minimum Gasteiger partial charge on any atom is -0.333 e. The molecular weight excluding hydrogens is 304 g/mol. The number of hydrogen-bond donors (Lipinski definition) is 1.